The molecule has 0 saturated heterocycles. The van der Waals surface area contributed by atoms with Crippen LogP contribution in [-0.4, -0.2) is 53.6 Å². The second-order valence-electron chi connectivity index (χ2n) is 7.56. The molecule has 0 aliphatic heterocycles. The molecule has 0 fully saturated rings. The molecule has 0 aliphatic rings. The monoisotopic (exact) mass is 523 g/mol. The lowest BCUT2D eigenvalue weighted by atomic mass is 10.1. The van der Waals surface area contributed by atoms with Crippen molar-refractivity contribution >= 4 is 33.4 Å². The zero-order chi connectivity index (χ0) is 26.7. The standard InChI is InChI=1S/C24H33N3O8S/c1-6-11-35-20-10-9-17(13-18(20)23(28)32-4)26-24(29)25-15-16-12-22(34-8-3)19(27-36(5,30)31)14-21(16)33-7-2/h9-10,12-14,27H,6-8,11,15H2,1-5H3,(H2,25,26,29). The number of nitrogens with one attached hydrogen (secondary N) is 3. The van der Waals surface area contributed by atoms with Gasteiger partial charge in [0.1, 0.15) is 22.8 Å². The third-order valence-corrected chi connectivity index (χ3v) is 5.19. The minimum absolute atomic E-state index is 0.0575. The van der Waals surface area contributed by atoms with E-state index in [1.165, 1.54) is 19.2 Å². The molecule has 2 amide bonds. The Morgan fingerprint density at radius 1 is 0.917 bits per heavy atom. The van der Waals surface area contributed by atoms with E-state index in [1.54, 1.807) is 32.0 Å². The summed E-state index contributed by atoms with van der Waals surface area (Å²) in [4.78, 5) is 24.7. The van der Waals surface area contributed by atoms with Gasteiger partial charge < -0.3 is 29.6 Å². The molecule has 0 saturated carbocycles. The summed E-state index contributed by atoms with van der Waals surface area (Å²) in [7, 11) is -2.28. The Balaban J connectivity index is 2.21. The van der Waals surface area contributed by atoms with E-state index in [9.17, 15) is 18.0 Å². The number of amides is 2. The topological polar surface area (TPSA) is 141 Å². The number of sulfonamides is 1. The third-order valence-electron chi connectivity index (χ3n) is 4.60. The van der Waals surface area contributed by atoms with Crippen LogP contribution in [0.5, 0.6) is 17.2 Å². The summed E-state index contributed by atoms with van der Waals surface area (Å²) >= 11 is 0. The number of carbonyl (C=O) groups excluding carboxylic acids is 2. The Morgan fingerprint density at radius 3 is 2.22 bits per heavy atom. The quantitative estimate of drug-likeness (QED) is 0.337. The predicted molar refractivity (Wildman–Crippen MR) is 137 cm³/mol. The van der Waals surface area contributed by atoms with E-state index >= 15 is 0 Å². The van der Waals surface area contributed by atoms with Crippen LogP contribution in [-0.2, 0) is 21.3 Å². The molecule has 2 aromatic carbocycles. The van der Waals surface area contributed by atoms with Crippen LogP contribution in [0.2, 0.25) is 0 Å². The van der Waals surface area contributed by atoms with Crippen molar-refractivity contribution in [3.8, 4) is 17.2 Å². The highest BCUT2D eigenvalue weighted by Crippen LogP contribution is 2.34. The minimum Gasteiger partial charge on any atom is -0.493 e. The summed E-state index contributed by atoms with van der Waals surface area (Å²) in [5.74, 6) is 0.465. The van der Waals surface area contributed by atoms with E-state index in [0.29, 0.717) is 48.3 Å². The highest BCUT2D eigenvalue weighted by atomic mass is 32.2. The van der Waals surface area contributed by atoms with Crippen molar-refractivity contribution < 1.29 is 37.0 Å². The molecule has 0 atom stereocenters. The first kappa shape index (κ1) is 28.6. The van der Waals surface area contributed by atoms with Gasteiger partial charge in [-0.05, 0) is 44.5 Å². The van der Waals surface area contributed by atoms with Crippen molar-refractivity contribution in [1.82, 2.24) is 5.32 Å². The largest absolute Gasteiger partial charge is 0.493 e. The second kappa shape index (κ2) is 13.4. The Labute approximate surface area is 211 Å². The van der Waals surface area contributed by atoms with Crippen molar-refractivity contribution in [2.24, 2.45) is 0 Å². The molecule has 0 heterocycles. The molecule has 0 aliphatic carbocycles. The number of hydrogen-bond acceptors (Lipinski definition) is 8. The number of anilines is 2. The van der Waals surface area contributed by atoms with Gasteiger partial charge in [0.05, 0.1) is 38.9 Å². The number of esters is 1. The lowest BCUT2D eigenvalue weighted by Gasteiger charge is -2.18. The van der Waals surface area contributed by atoms with Gasteiger partial charge in [-0.3, -0.25) is 4.72 Å². The maximum Gasteiger partial charge on any atom is 0.341 e. The second-order valence-corrected chi connectivity index (χ2v) is 9.30. The van der Waals surface area contributed by atoms with E-state index in [4.69, 9.17) is 18.9 Å². The van der Waals surface area contributed by atoms with Gasteiger partial charge in [-0.25, -0.2) is 18.0 Å². The summed E-state index contributed by atoms with van der Waals surface area (Å²) < 4.78 is 47.5. The average molecular weight is 524 g/mol. The van der Waals surface area contributed by atoms with E-state index in [2.05, 4.69) is 15.4 Å². The van der Waals surface area contributed by atoms with Crippen LogP contribution in [0.4, 0.5) is 16.2 Å². The molecule has 0 bridgehead atoms. The molecule has 3 N–H and O–H groups in total. The molecule has 0 radical (unpaired) electrons. The summed E-state index contributed by atoms with van der Waals surface area (Å²) in [5.41, 5.74) is 1.37. The summed E-state index contributed by atoms with van der Waals surface area (Å²) in [6.07, 6.45) is 1.81. The summed E-state index contributed by atoms with van der Waals surface area (Å²) in [6.45, 7) is 6.63. The van der Waals surface area contributed by atoms with Crippen LogP contribution in [0.1, 0.15) is 43.1 Å². The number of ether oxygens (including phenoxy) is 4. The molecular weight excluding hydrogens is 490 g/mol. The highest BCUT2D eigenvalue weighted by Gasteiger charge is 2.17. The number of urea groups is 1. The first-order valence-electron chi connectivity index (χ1n) is 11.4. The first-order valence-corrected chi connectivity index (χ1v) is 13.3. The van der Waals surface area contributed by atoms with Crippen molar-refractivity contribution in [3.63, 3.8) is 0 Å². The third kappa shape index (κ3) is 8.52. The van der Waals surface area contributed by atoms with Gasteiger partial charge in [0.25, 0.3) is 0 Å². The molecule has 2 rings (SSSR count). The zero-order valence-electron chi connectivity index (χ0n) is 21.1. The van der Waals surface area contributed by atoms with Gasteiger partial charge in [0.2, 0.25) is 10.0 Å². The van der Waals surface area contributed by atoms with Gasteiger partial charge in [-0.1, -0.05) is 6.92 Å². The number of rotatable bonds is 13. The number of methoxy groups -OCH3 is 1. The van der Waals surface area contributed by atoms with Crippen LogP contribution in [0, 0.1) is 0 Å². The minimum atomic E-state index is -3.55. The molecule has 2 aromatic rings. The Hall–Kier alpha value is -3.67. The van der Waals surface area contributed by atoms with Crippen molar-refractivity contribution in [1.29, 1.82) is 0 Å². The van der Waals surface area contributed by atoms with E-state index in [-0.39, 0.29) is 17.8 Å². The Bertz CT molecular complexity index is 1170. The fourth-order valence-corrected chi connectivity index (χ4v) is 3.71. The lowest BCUT2D eigenvalue weighted by molar-refractivity contribution is 0.0596. The molecule has 0 aromatic heterocycles. The van der Waals surface area contributed by atoms with Crippen molar-refractivity contribution in [2.45, 2.75) is 33.7 Å². The molecule has 0 unspecified atom stereocenters. The smallest absolute Gasteiger partial charge is 0.341 e. The molecule has 36 heavy (non-hydrogen) atoms. The zero-order valence-corrected chi connectivity index (χ0v) is 21.9. The van der Waals surface area contributed by atoms with Gasteiger partial charge >= 0.3 is 12.0 Å². The molecule has 198 valence electrons. The molecule has 12 heteroatoms. The van der Waals surface area contributed by atoms with E-state index < -0.39 is 22.0 Å². The maximum absolute atomic E-state index is 12.6. The summed E-state index contributed by atoms with van der Waals surface area (Å²) in [5, 5.41) is 5.39. The predicted octanol–water partition coefficient (Wildman–Crippen LogP) is 3.75. The van der Waals surface area contributed by atoms with E-state index in [1.807, 2.05) is 6.92 Å². The fraction of sp³-hybridized carbons (Fsp3) is 0.417. The van der Waals surface area contributed by atoms with Crippen molar-refractivity contribution in [3.05, 3.63) is 41.5 Å². The molecule has 11 nitrogen and oxygen atoms in total. The van der Waals surface area contributed by atoms with Crippen LogP contribution in [0.3, 0.4) is 0 Å². The average Bonchev–Trinajstić information content (AvgIpc) is 2.82. The number of benzene rings is 2. The van der Waals surface area contributed by atoms with Crippen LogP contribution in [0.15, 0.2) is 30.3 Å². The maximum atomic E-state index is 12.6. The lowest BCUT2D eigenvalue weighted by Crippen LogP contribution is -2.28. The highest BCUT2D eigenvalue weighted by molar-refractivity contribution is 7.92. The first-order chi connectivity index (χ1) is 17.1. The van der Waals surface area contributed by atoms with Gasteiger partial charge in [0, 0.05) is 23.9 Å². The van der Waals surface area contributed by atoms with Gasteiger partial charge in [0.15, 0.2) is 0 Å². The van der Waals surface area contributed by atoms with Gasteiger partial charge in [-0.15, -0.1) is 0 Å². The normalized spacial score (nSPS) is 10.8. The Kier molecular flexibility index (Phi) is 10.7. The summed E-state index contributed by atoms with van der Waals surface area (Å²) in [6, 6.07) is 7.26. The van der Waals surface area contributed by atoms with Crippen LogP contribution < -0.4 is 29.6 Å². The van der Waals surface area contributed by atoms with Crippen molar-refractivity contribution in [2.75, 3.05) is 43.2 Å². The molecule has 0 spiro atoms. The number of hydrogen-bond donors (Lipinski definition) is 3. The Morgan fingerprint density at radius 2 is 1.61 bits per heavy atom. The fourth-order valence-electron chi connectivity index (χ4n) is 3.15. The van der Waals surface area contributed by atoms with Crippen LogP contribution >= 0.6 is 0 Å². The van der Waals surface area contributed by atoms with E-state index in [0.717, 1.165) is 12.7 Å². The SMILES string of the molecule is CCCOc1ccc(NC(=O)NCc2cc(OCC)c(NS(C)(=O)=O)cc2OCC)cc1C(=O)OC. The van der Waals surface area contributed by atoms with Crippen LogP contribution in [0.25, 0.3) is 0 Å². The molecular formula is C24H33N3O8S. The van der Waals surface area contributed by atoms with Gasteiger partial charge in [-0.2, -0.15) is 0 Å². The number of carbonyl (C=O) groups is 2.